The maximum atomic E-state index is 11.3. The normalized spacial score (nSPS) is 10.7. The van der Waals surface area contributed by atoms with Crippen LogP contribution in [0.4, 0.5) is 11.4 Å². The molecule has 1 aromatic rings. The molecule has 0 heterocycles. The summed E-state index contributed by atoms with van der Waals surface area (Å²) in [5.74, 6) is 0. The van der Waals surface area contributed by atoms with Crippen LogP contribution < -0.4 is 10.0 Å². The zero-order valence-corrected chi connectivity index (χ0v) is 10.2. The van der Waals surface area contributed by atoms with Gasteiger partial charge in [-0.25, -0.2) is 13.6 Å². The number of anilines is 1. The average Bonchev–Trinajstić information content (AvgIpc) is 2.29. The molecule has 9 heteroatoms. The summed E-state index contributed by atoms with van der Waals surface area (Å²) >= 11 is 0. The van der Waals surface area contributed by atoms with Gasteiger partial charge in [0.2, 0.25) is 10.0 Å². The van der Waals surface area contributed by atoms with Gasteiger partial charge >= 0.3 is 5.69 Å². The van der Waals surface area contributed by atoms with E-state index in [0.717, 1.165) is 11.0 Å². The average molecular weight is 270 g/mol. The minimum absolute atomic E-state index is 0.100. The van der Waals surface area contributed by atoms with Crippen molar-refractivity contribution in [3.63, 3.8) is 0 Å². The van der Waals surface area contributed by atoms with Crippen LogP contribution >= 0.6 is 0 Å². The molecule has 2 N–H and O–H groups in total. The lowest BCUT2D eigenvalue weighted by Gasteiger charge is -2.14. The summed E-state index contributed by atoms with van der Waals surface area (Å²) in [5.41, 5.74) is -0.792. The highest BCUT2D eigenvalue weighted by atomic mass is 32.2. The molecule has 0 aliphatic carbocycles. The van der Waals surface area contributed by atoms with E-state index in [1.807, 2.05) is 0 Å². The number of sulfonamides is 1. The highest BCUT2D eigenvalue weighted by Crippen LogP contribution is 2.33. The number of para-hydroxylation sites is 1. The number of nitrogens with two attached hydrogens (primary N) is 1. The lowest BCUT2D eigenvalue weighted by Crippen LogP contribution is -2.20. The number of nitro benzene ring substituents is 1. The van der Waals surface area contributed by atoms with Gasteiger partial charge in [0.1, 0.15) is 5.69 Å². The van der Waals surface area contributed by atoms with E-state index >= 15 is 0 Å². The molecule has 96 valence electrons. The van der Waals surface area contributed by atoms with Gasteiger partial charge in [0, 0.05) is 6.54 Å². The van der Waals surface area contributed by atoms with Crippen molar-refractivity contribution >= 4 is 21.4 Å². The zero-order chi connectivity index (χ0) is 13.9. The minimum Gasteiger partial charge on any atom is -0.273 e. The van der Waals surface area contributed by atoms with E-state index in [0.29, 0.717) is 0 Å². The molecule has 18 heavy (non-hydrogen) atoms. The highest BCUT2D eigenvalue weighted by molar-refractivity contribution is 7.89. The molecule has 0 aliphatic rings. The Morgan fingerprint density at radius 1 is 1.56 bits per heavy atom. The fourth-order valence-corrected chi connectivity index (χ4v) is 2.15. The lowest BCUT2D eigenvalue weighted by atomic mass is 10.2. The highest BCUT2D eigenvalue weighted by Gasteiger charge is 2.28. The summed E-state index contributed by atoms with van der Waals surface area (Å²) < 4.78 is 22.6. The molecule has 8 nitrogen and oxygen atoms in total. The van der Waals surface area contributed by atoms with Gasteiger partial charge in [0.15, 0.2) is 11.1 Å². The standard InChI is InChI=1S/C9H10N4O4S/c1-2-12(6-10)7-4-3-5-8(18(11,16)17)9(7)13(14)15/h3-5H,2H2,1H3,(H2,11,16,17). The van der Waals surface area contributed by atoms with E-state index < -0.39 is 25.5 Å². The Kier molecular flexibility index (Phi) is 3.85. The second kappa shape index (κ2) is 4.99. The van der Waals surface area contributed by atoms with Crippen LogP contribution in [0.25, 0.3) is 0 Å². The van der Waals surface area contributed by atoms with Crippen molar-refractivity contribution in [1.82, 2.24) is 0 Å². The smallest absolute Gasteiger partial charge is 0.273 e. The molecule has 0 bridgehead atoms. The molecule has 0 saturated heterocycles. The molecule has 0 saturated carbocycles. The van der Waals surface area contributed by atoms with Gasteiger partial charge in [-0.3, -0.25) is 15.0 Å². The Morgan fingerprint density at radius 2 is 2.17 bits per heavy atom. The first-order valence-corrected chi connectivity index (χ1v) is 6.35. The molecule has 0 amide bonds. The molecule has 1 aromatic carbocycles. The van der Waals surface area contributed by atoms with Crippen LogP contribution in [0.3, 0.4) is 0 Å². The number of hydrogen-bond acceptors (Lipinski definition) is 6. The summed E-state index contributed by atoms with van der Waals surface area (Å²) in [4.78, 5) is 10.5. The Balaban J connectivity index is 3.66. The number of nitro groups is 1. The van der Waals surface area contributed by atoms with Crippen molar-refractivity contribution in [2.45, 2.75) is 11.8 Å². The fourth-order valence-electron chi connectivity index (χ4n) is 1.44. The van der Waals surface area contributed by atoms with Crippen molar-refractivity contribution in [3.05, 3.63) is 28.3 Å². The van der Waals surface area contributed by atoms with Crippen molar-refractivity contribution in [3.8, 4) is 6.19 Å². The molecule has 0 radical (unpaired) electrons. The van der Waals surface area contributed by atoms with E-state index in [9.17, 15) is 18.5 Å². The Labute approximate surface area is 103 Å². The summed E-state index contributed by atoms with van der Waals surface area (Å²) in [7, 11) is -4.23. The van der Waals surface area contributed by atoms with E-state index in [4.69, 9.17) is 10.4 Å². The van der Waals surface area contributed by atoms with Crippen LogP contribution in [0.1, 0.15) is 6.92 Å². The van der Waals surface area contributed by atoms with Gasteiger partial charge in [-0.05, 0) is 19.1 Å². The summed E-state index contributed by atoms with van der Waals surface area (Å²) in [6, 6.07) is 3.61. The van der Waals surface area contributed by atoms with Crippen LogP contribution in [0.5, 0.6) is 0 Å². The van der Waals surface area contributed by atoms with Gasteiger partial charge in [0.05, 0.1) is 4.92 Å². The molecule has 0 aliphatic heterocycles. The van der Waals surface area contributed by atoms with Crippen LogP contribution in [0.2, 0.25) is 0 Å². The van der Waals surface area contributed by atoms with E-state index in [-0.39, 0.29) is 12.2 Å². The van der Waals surface area contributed by atoms with Crippen LogP contribution in [-0.2, 0) is 10.0 Å². The van der Waals surface area contributed by atoms with Gasteiger partial charge < -0.3 is 0 Å². The SMILES string of the molecule is CCN(C#N)c1cccc(S(N)(=O)=O)c1[N+](=O)[O-]. The molecule has 0 spiro atoms. The number of rotatable bonds is 4. The van der Waals surface area contributed by atoms with Crippen LogP contribution in [-0.4, -0.2) is 19.9 Å². The second-order valence-corrected chi connectivity index (χ2v) is 4.80. The monoisotopic (exact) mass is 270 g/mol. The molecular formula is C9H10N4O4S. The van der Waals surface area contributed by atoms with Gasteiger partial charge in [0.25, 0.3) is 0 Å². The number of nitrogens with zero attached hydrogens (tertiary/aromatic N) is 3. The van der Waals surface area contributed by atoms with E-state index in [1.54, 1.807) is 13.1 Å². The molecule has 0 fully saturated rings. The zero-order valence-electron chi connectivity index (χ0n) is 9.40. The Hall–Kier alpha value is -2.18. The maximum absolute atomic E-state index is 11.3. The van der Waals surface area contributed by atoms with Crippen LogP contribution in [0.15, 0.2) is 23.1 Å². The minimum atomic E-state index is -4.23. The number of benzene rings is 1. The lowest BCUT2D eigenvalue weighted by molar-refractivity contribution is -0.387. The Bertz CT molecular complexity index is 620. The van der Waals surface area contributed by atoms with Gasteiger partial charge in [-0.1, -0.05) is 6.07 Å². The molecule has 0 aromatic heterocycles. The van der Waals surface area contributed by atoms with Crippen molar-refractivity contribution in [2.24, 2.45) is 5.14 Å². The quantitative estimate of drug-likeness (QED) is 0.368. The van der Waals surface area contributed by atoms with Crippen LogP contribution in [0, 0.1) is 21.6 Å². The molecular weight excluding hydrogens is 260 g/mol. The second-order valence-electron chi connectivity index (χ2n) is 3.27. The third kappa shape index (κ3) is 2.55. The van der Waals surface area contributed by atoms with Crippen molar-refractivity contribution in [1.29, 1.82) is 5.26 Å². The number of nitriles is 1. The van der Waals surface area contributed by atoms with Crippen molar-refractivity contribution < 1.29 is 13.3 Å². The first-order valence-electron chi connectivity index (χ1n) is 4.80. The first-order chi connectivity index (χ1) is 8.32. The van der Waals surface area contributed by atoms with Crippen molar-refractivity contribution in [2.75, 3.05) is 11.4 Å². The summed E-state index contributed by atoms with van der Waals surface area (Å²) in [6.07, 6.45) is 1.74. The van der Waals surface area contributed by atoms with E-state index in [2.05, 4.69) is 0 Å². The Morgan fingerprint density at radius 3 is 2.56 bits per heavy atom. The molecule has 0 atom stereocenters. The summed E-state index contributed by atoms with van der Waals surface area (Å²) in [6.45, 7) is 1.78. The largest absolute Gasteiger partial charge is 0.313 e. The predicted molar refractivity (Wildman–Crippen MR) is 63.1 cm³/mol. The summed E-state index contributed by atoms with van der Waals surface area (Å²) in [5, 5.41) is 24.7. The third-order valence-electron chi connectivity index (χ3n) is 2.19. The third-order valence-corrected chi connectivity index (χ3v) is 3.14. The first kappa shape index (κ1) is 13.9. The number of primary sulfonamides is 1. The maximum Gasteiger partial charge on any atom is 0.313 e. The van der Waals surface area contributed by atoms with Gasteiger partial charge in [-0.15, -0.1) is 0 Å². The van der Waals surface area contributed by atoms with Gasteiger partial charge in [-0.2, -0.15) is 5.26 Å². The molecule has 1 rings (SSSR count). The predicted octanol–water partition coefficient (Wildman–Crippen LogP) is 0.550. The number of hydrogen-bond donors (Lipinski definition) is 1. The fraction of sp³-hybridized carbons (Fsp3) is 0.222. The topological polar surface area (TPSA) is 130 Å². The van der Waals surface area contributed by atoms with E-state index in [1.165, 1.54) is 12.1 Å². The molecule has 0 unspecified atom stereocenters.